The van der Waals surface area contributed by atoms with Gasteiger partial charge in [0.1, 0.15) is 0 Å². The van der Waals surface area contributed by atoms with Crippen LogP contribution in [0.5, 0.6) is 0 Å². The number of hydrogen-bond donors (Lipinski definition) is 0. The molecule has 0 radical (unpaired) electrons. The maximum Gasteiger partial charge on any atom is 0.0739 e. The molecule has 2 heteroatoms. The molecule has 1 unspecified atom stereocenters. The van der Waals surface area contributed by atoms with Crippen LogP contribution in [-0.2, 0) is 9.06 Å². The van der Waals surface area contributed by atoms with Gasteiger partial charge in [0.2, 0.25) is 0 Å². The van der Waals surface area contributed by atoms with Gasteiger partial charge in [0, 0.05) is 6.61 Å². The van der Waals surface area contributed by atoms with Crippen molar-refractivity contribution in [3.63, 3.8) is 0 Å². The molecule has 0 aromatic heterocycles. The smallest absolute Gasteiger partial charge is 0.0739 e. The summed E-state index contributed by atoms with van der Waals surface area (Å²) in [5.74, 6) is 0. The molecule has 70 valence electrons. The van der Waals surface area contributed by atoms with E-state index in [1.165, 1.54) is 5.56 Å². The van der Waals surface area contributed by atoms with Crippen LogP contribution in [-0.4, -0.2) is 13.2 Å². The lowest BCUT2D eigenvalue weighted by molar-refractivity contribution is 0.0712. The van der Waals surface area contributed by atoms with Crippen LogP contribution in [0.25, 0.3) is 0 Å². The highest BCUT2D eigenvalue weighted by molar-refractivity contribution is 9.09. The second-order valence-electron chi connectivity index (χ2n) is 3.49. The summed E-state index contributed by atoms with van der Waals surface area (Å²) in [5, 5.41) is 0. The molecule has 2 rings (SSSR count). The molecule has 1 aliphatic rings. The average Bonchev–Trinajstić information content (AvgIpc) is 2.20. The van der Waals surface area contributed by atoms with Crippen molar-refractivity contribution in [1.29, 1.82) is 0 Å². The summed E-state index contributed by atoms with van der Waals surface area (Å²) in [7, 11) is 0. The zero-order valence-corrected chi connectivity index (χ0v) is 9.09. The van der Waals surface area contributed by atoms with E-state index in [1.54, 1.807) is 0 Å². The van der Waals surface area contributed by atoms with Crippen molar-refractivity contribution >= 4 is 15.9 Å². The molecule has 1 nitrogen and oxygen atoms in total. The Hall–Kier alpha value is -0.340. The maximum atomic E-state index is 5.49. The summed E-state index contributed by atoms with van der Waals surface area (Å²) in [6, 6.07) is 10.5. The van der Waals surface area contributed by atoms with Crippen molar-refractivity contribution in [2.24, 2.45) is 0 Å². The van der Waals surface area contributed by atoms with E-state index >= 15 is 0 Å². The summed E-state index contributed by atoms with van der Waals surface area (Å²) >= 11 is 3.78. The van der Waals surface area contributed by atoms with E-state index in [2.05, 4.69) is 40.2 Å². The Labute approximate surface area is 87.2 Å². The van der Waals surface area contributed by atoms with Crippen LogP contribution < -0.4 is 0 Å². The fourth-order valence-corrected chi connectivity index (χ4v) is 2.43. The van der Waals surface area contributed by atoms with E-state index in [4.69, 9.17) is 4.74 Å². The van der Waals surface area contributed by atoms with Crippen LogP contribution in [0.4, 0.5) is 0 Å². The highest BCUT2D eigenvalue weighted by atomic mass is 79.9. The van der Waals surface area contributed by atoms with Gasteiger partial charge < -0.3 is 4.74 Å². The summed E-state index contributed by atoms with van der Waals surface area (Å²) in [6.45, 7) is 1.69. The molecule has 1 aromatic rings. The third-order valence-corrected chi connectivity index (χ3v) is 3.57. The SMILES string of the molecule is BrC1(c2ccccc2)CCCOC1. The number of ether oxygens (including phenoxy) is 1. The first-order valence-corrected chi connectivity index (χ1v) is 5.43. The molecule has 1 heterocycles. The second-order valence-corrected chi connectivity index (χ2v) is 5.01. The fraction of sp³-hybridized carbons (Fsp3) is 0.455. The Morgan fingerprint density at radius 3 is 2.62 bits per heavy atom. The number of rotatable bonds is 1. The zero-order valence-electron chi connectivity index (χ0n) is 7.50. The molecular formula is C11H13BrO. The van der Waals surface area contributed by atoms with Gasteiger partial charge in [-0.25, -0.2) is 0 Å². The van der Waals surface area contributed by atoms with Crippen molar-refractivity contribution in [3.05, 3.63) is 35.9 Å². The minimum absolute atomic E-state index is 0.0620. The monoisotopic (exact) mass is 240 g/mol. The quantitative estimate of drug-likeness (QED) is 0.686. The van der Waals surface area contributed by atoms with Crippen molar-refractivity contribution in [2.45, 2.75) is 17.2 Å². The topological polar surface area (TPSA) is 9.23 Å². The number of benzene rings is 1. The van der Waals surface area contributed by atoms with Crippen LogP contribution in [0.3, 0.4) is 0 Å². The van der Waals surface area contributed by atoms with Crippen LogP contribution in [0, 0.1) is 0 Å². The second kappa shape index (κ2) is 3.81. The van der Waals surface area contributed by atoms with Gasteiger partial charge in [0.15, 0.2) is 0 Å². The third-order valence-electron chi connectivity index (χ3n) is 2.48. The van der Waals surface area contributed by atoms with Gasteiger partial charge in [0.05, 0.1) is 10.9 Å². The molecule has 0 amide bonds. The molecule has 1 aromatic carbocycles. The molecule has 1 atom stereocenters. The van der Waals surface area contributed by atoms with Crippen molar-refractivity contribution in [1.82, 2.24) is 0 Å². The lowest BCUT2D eigenvalue weighted by Gasteiger charge is -2.31. The van der Waals surface area contributed by atoms with Gasteiger partial charge in [-0.3, -0.25) is 0 Å². The molecule has 1 aliphatic heterocycles. The van der Waals surface area contributed by atoms with Gasteiger partial charge in [0.25, 0.3) is 0 Å². The molecule has 0 saturated carbocycles. The van der Waals surface area contributed by atoms with E-state index in [0.717, 1.165) is 26.1 Å². The van der Waals surface area contributed by atoms with Gasteiger partial charge >= 0.3 is 0 Å². The number of hydrogen-bond acceptors (Lipinski definition) is 1. The van der Waals surface area contributed by atoms with E-state index in [-0.39, 0.29) is 4.32 Å². The molecule has 1 saturated heterocycles. The summed E-state index contributed by atoms with van der Waals surface area (Å²) in [6.07, 6.45) is 2.30. The van der Waals surface area contributed by atoms with Crippen LogP contribution in [0.2, 0.25) is 0 Å². The van der Waals surface area contributed by atoms with Crippen LogP contribution in [0.15, 0.2) is 30.3 Å². The first-order chi connectivity index (χ1) is 6.31. The van der Waals surface area contributed by atoms with Crippen molar-refractivity contribution < 1.29 is 4.74 Å². The number of halogens is 1. The largest absolute Gasteiger partial charge is 0.380 e. The summed E-state index contributed by atoms with van der Waals surface area (Å²) < 4.78 is 5.55. The minimum Gasteiger partial charge on any atom is -0.380 e. The van der Waals surface area contributed by atoms with Crippen LogP contribution in [0.1, 0.15) is 18.4 Å². The van der Waals surface area contributed by atoms with E-state index in [9.17, 15) is 0 Å². The highest BCUT2D eigenvalue weighted by Crippen LogP contribution is 2.38. The van der Waals surface area contributed by atoms with E-state index in [1.807, 2.05) is 6.07 Å². The Morgan fingerprint density at radius 2 is 2.00 bits per heavy atom. The first-order valence-electron chi connectivity index (χ1n) is 4.63. The van der Waals surface area contributed by atoms with Gasteiger partial charge in [-0.1, -0.05) is 46.3 Å². The van der Waals surface area contributed by atoms with Gasteiger partial charge in [-0.15, -0.1) is 0 Å². The Morgan fingerprint density at radius 1 is 1.23 bits per heavy atom. The standard InChI is InChI=1S/C11H13BrO/c12-11(7-4-8-13-9-11)10-5-2-1-3-6-10/h1-3,5-6H,4,7-9H2. The number of alkyl halides is 1. The molecule has 1 fully saturated rings. The first kappa shape index (κ1) is 9.22. The molecule has 0 spiro atoms. The van der Waals surface area contributed by atoms with Gasteiger partial charge in [-0.2, -0.15) is 0 Å². The van der Waals surface area contributed by atoms with Crippen molar-refractivity contribution in [3.8, 4) is 0 Å². The average molecular weight is 241 g/mol. The molecule has 0 N–H and O–H groups in total. The fourth-order valence-electron chi connectivity index (χ4n) is 1.73. The van der Waals surface area contributed by atoms with E-state index < -0.39 is 0 Å². The summed E-state index contributed by atoms with van der Waals surface area (Å²) in [4.78, 5) is 0. The Bertz CT molecular complexity index is 265. The third kappa shape index (κ3) is 1.94. The van der Waals surface area contributed by atoms with E-state index in [0.29, 0.717) is 0 Å². The van der Waals surface area contributed by atoms with Crippen LogP contribution >= 0.6 is 15.9 Å². The predicted octanol–water partition coefficient (Wildman–Crippen LogP) is 3.09. The zero-order chi connectivity index (χ0) is 9.15. The lowest BCUT2D eigenvalue weighted by Crippen LogP contribution is -2.29. The van der Waals surface area contributed by atoms with Crippen molar-refractivity contribution in [2.75, 3.05) is 13.2 Å². The molecule has 0 bridgehead atoms. The maximum absolute atomic E-state index is 5.49. The molecule has 0 aliphatic carbocycles. The summed E-state index contributed by atoms with van der Waals surface area (Å²) in [5.41, 5.74) is 1.33. The highest BCUT2D eigenvalue weighted by Gasteiger charge is 2.31. The Balaban J connectivity index is 2.23. The predicted molar refractivity (Wildman–Crippen MR) is 57.1 cm³/mol. The molecular weight excluding hydrogens is 228 g/mol. The lowest BCUT2D eigenvalue weighted by atomic mass is 9.93. The minimum atomic E-state index is 0.0620. The molecule has 13 heavy (non-hydrogen) atoms. The Kier molecular flexibility index (Phi) is 2.70. The normalized spacial score (nSPS) is 28.7. The van der Waals surface area contributed by atoms with Gasteiger partial charge in [-0.05, 0) is 18.4 Å².